The van der Waals surface area contributed by atoms with E-state index in [0.717, 1.165) is 18.4 Å². The van der Waals surface area contributed by atoms with Crippen LogP contribution in [0.3, 0.4) is 0 Å². The molecule has 9 fully saturated rings. The Bertz CT molecular complexity index is 2430. The number of carbonyl (C=O) groups is 1. The van der Waals surface area contributed by atoms with Crippen molar-refractivity contribution in [2.45, 2.75) is 265 Å². The van der Waals surface area contributed by atoms with Gasteiger partial charge < -0.3 is 134 Å². The number of aliphatic hydroxyl groups is 16. The molecule has 0 amide bonds. The van der Waals surface area contributed by atoms with E-state index < -0.39 is 215 Å². The summed E-state index contributed by atoms with van der Waals surface area (Å²) in [5, 5.41) is 175. The van der Waals surface area contributed by atoms with E-state index in [1.165, 1.54) is 5.57 Å². The van der Waals surface area contributed by atoms with Crippen LogP contribution in [0.2, 0.25) is 0 Å². The highest BCUT2D eigenvalue weighted by molar-refractivity contribution is 5.84. The van der Waals surface area contributed by atoms with Gasteiger partial charge in [0, 0.05) is 11.3 Å². The van der Waals surface area contributed by atoms with Crippen molar-refractivity contribution in [3.63, 3.8) is 0 Å². The number of hydrogen-bond donors (Lipinski definition) is 16. The number of rotatable bonds is 19. The van der Waals surface area contributed by atoms with E-state index in [9.17, 15) is 86.5 Å². The second-order valence-corrected chi connectivity index (χ2v) is 27.6. The predicted octanol–water partition coefficient (Wildman–Crippen LogP) is -4.27. The molecule has 6 saturated heterocycles. The van der Waals surface area contributed by atoms with E-state index in [1.807, 2.05) is 13.8 Å². The molecule has 28 heteroatoms. The molecule has 10 aliphatic rings. The summed E-state index contributed by atoms with van der Waals surface area (Å²) in [5.41, 5.74) is -1.32. The van der Waals surface area contributed by atoms with Gasteiger partial charge in [0.2, 0.25) is 0 Å². The van der Waals surface area contributed by atoms with Gasteiger partial charge in [-0.3, -0.25) is 4.79 Å². The van der Waals surface area contributed by atoms with Crippen molar-refractivity contribution in [1.82, 2.24) is 0 Å². The number of esters is 1. The Balaban J connectivity index is 0.878. The SMILES string of the molecule is C=C(C)CCC[C@](C)(O)[C@@H]1[C@@H]2CC3(C)C4=CCC5C(C)(C)[C@@H](O[C@@H]6OCC(O[C@@H]7OC(CO)C(O)[C@H](O)C7O)[C@H](O)C6O[C@@H]6OC(CO)C(O[C@@H]7OC(CO)C(O)[C@H](O[C@@H]8OC(CO)C(O)[C@H](O)C8O)C7O)[C@H](O)C6O)CC[C@]5(C)C4CCC13C(=O)O2. The van der Waals surface area contributed by atoms with Gasteiger partial charge in [0.1, 0.15) is 122 Å². The summed E-state index contributed by atoms with van der Waals surface area (Å²) in [6.45, 7) is 12.5. The van der Waals surface area contributed by atoms with Crippen LogP contribution in [0, 0.1) is 39.4 Å². The molecular weight excluding hydrogens is 1160 g/mol. The third kappa shape index (κ3) is 11.5. The molecule has 6 heterocycles. The van der Waals surface area contributed by atoms with Gasteiger partial charge >= 0.3 is 5.97 Å². The summed E-state index contributed by atoms with van der Waals surface area (Å²) in [4.78, 5) is 14.3. The van der Waals surface area contributed by atoms with Crippen LogP contribution in [0.4, 0.5) is 0 Å². The van der Waals surface area contributed by atoms with Crippen molar-refractivity contribution in [2.24, 2.45) is 39.4 Å². The molecule has 87 heavy (non-hydrogen) atoms. The van der Waals surface area contributed by atoms with E-state index in [-0.39, 0.29) is 29.1 Å². The van der Waals surface area contributed by atoms with Crippen LogP contribution in [0.15, 0.2) is 23.8 Å². The molecule has 0 radical (unpaired) electrons. The largest absolute Gasteiger partial charge is 0.461 e. The Morgan fingerprint density at radius 1 is 0.621 bits per heavy atom. The zero-order valence-electron chi connectivity index (χ0n) is 50.0. The summed E-state index contributed by atoms with van der Waals surface area (Å²) in [6, 6.07) is 0. The number of hydrogen-bond acceptors (Lipinski definition) is 28. The van der Waals surface area contributed by atoms with Crippen molar-refractivity contribution >= 4 is 5.97 Å². The average Bonchev–Trinajstić information content (AvgIpc) is 1.54. The van der Waals surface area contributed by atoms with Gasteiger partial charge in [-0.2, -0.15) is 0 Å². The van der Waals surface area contributed by atoms with Crippen LogP contribution in [-0.2, 0) is 56.9 Å². The second-order valence-electron chi connectivity index (χ2n) is 27.6. The van der Waals surface area contributed by atoms with Crippen LogP contribution in [-0.4, -0.2) is 286 Å². The molecule has 33 atom stereocenters. The Morgan fingerprint density at radius 3 is 1.74 bits per heavy atom. The summed E-state index contributed by atoms with van der Waals surface area (Å²) in [5.74, 6) is -0.572. The van der Waals surface area contributed by atoms with Gasteiger partial charge in [-0.25, -0.2) is 0 Å². The van der Waals surface area contributed by atoms with Gasteiger partial charge in [-0.05, 0) is 94.3 Å². The van der Waals surface area contributed by atoms with E-state index >= 15 is 0 Å². The molecular formula is C59H94O28. The maximum atomic E-state index is 14.3. The Kier molecular flexibility index (Phi) is 20.0. The highest BCUT2D eigenvalue weighted by atomic mass is 16.8. The minimum Gasteiger partial charge on any atom is -0.461 e. The summed E-state index contributed by atoms with van der Waals surface area (Å²) < 4.78 is 66.1. The average molecular weight is 1250 g/mol. The Hall–Kier alpha value is -2.09. The normalized spacial score (nSPS) is 52.0. The lowest BCUT2D eigenvalue weighted by Gasteiger charge is -2.64. The summed E-state index contributed by atoms with van der Waals surface area (Å²) >= 11 is 0. The molecule has 2 bridgehead atoms. The third-order valence-corrected chi connectivity index (χ3v) is 22.0. The van der Waals surface area contributed by atoms with E-state index in [4.69, 9.17) is 52.1 Å². The quantitative estimate of drug-likeness (QED) is 0.0430. The summed E-state index contributed by atoms with van der Waals surface area (Å²) in [7, 11) is 0. The lowest BCUT2D eigenvalue weighted by Crippen LogP contribution is -2.67. The molecule has 0 aromatic rings. The monoisotopic (exact) mass is 1250 g/mol. The number of aliphatic hydroxyl groups excluding tert-OH is 15. The molecule has 18 unspecified atom stereocenters. The zero-order chi connectivity index (χ0) is 63.4. The maximum absolute atomic E-state index is 14.3. The highest BCUT2D eigenvalue weighted by Gasteiger charge is 2.79. The van der Waals surface area contributed by atoms with Crippen LogP contribution < -0.4 is 0 Å². The van der Waals surface area contributed by atoms with Crippen molar-refractivity contribution in [1.29, 1.82) is 0 Å². The third-order valence-electron chi connectivity index (χ3n) is 22.0. The smallest absolute Gasteiger partial charge is 0.313 e. The topological polar surface area (TPSA) is 442 Å². The van der Waals surface area contributed by atoms with Crippen molar-refractivity contribution in [3.8, 4) is 0 Å². The molecule has 0 aromatic heterocycles. The zero-order valence-corrected chi connectivity index (χ0v) is 50.0. The van der Waals surface area contributed by atoms with E-state index in [0.29, 0.717) is 44.9 Å². The molecule has 6 aliphatic heterocycles. The van der Waals surface area contributed by atoms with Crippen LogP contribution >= 0.6 is 0 Å². The standard InChI is InChI=1S/C59H94O28/c1-23(2)9-8-14-58(7,76)48-26-17-57(6)25-10-11-32-55(3,4)33(13-15-56(32,5)24(25)12-16-59(48,57)54(75)83-26)84-53-47(37(67)31(22-77-53)82-49-41(71)38(68)34(64)27(18-60)78-49)87-51-43(73)40(70)45(30(21-63)81-51)85-52-44(74)46(36(66)29(20-62)80-52)86-50-42(72)39(69)35(65)28(19-61)79-50/h10,24,26-53,60-74,76H,1,8-9,11-22H2,2-7H3/t24?,26-,27?,28?,29?,30?,31?,32?,33-,34?,35?,36?,37-,38-,39-,40+,41?,42?,43?,44?,45?,46-,47?,48-,49-,50-,51-,52-,53-,56+,57?,58-,59?/m0/s1. The van der Waals surface area contributed by atoms with Crippen LogP contribution in [0.25, 0.3) is 0 Å². The van der Waals surface area contributed by atoms with Crippen molar-refractivity contribution < 1.29 is 139 Å². The Labute approximate surface area is 504 Å². The lowest BCUT2D eigenvalue weighted by molar-refractivity contribution is -0.396. The second kappa shape index (κ2) is 25.7. The Morgan fingerprint density at radius 2 is 1.15 bits per heavy atom. The molecule has 498 valence electrons. The van der Waals surface area contributed by atoms with Crippen molar-refractivity contribution in [3.05, 3.63) is 23.8 Å². The fraction of sp³-hybridized carbons (Fsp3) is 0.915. The number of allylic oxidation sites excluding steroid dienone is 3. The van der Waals surface area contributed by atoms with Gasteiger partial charge in [-0.1, -0.05) is 44.9 Å². The van der Waals surface area contributed by atoms with Crippen LogP contribution in [0.1, 0.15) is 99.3 Å². The van der Waals surface area contributed by atoms with Crippen LogP contribution in [0.5, 0.6) is 0 Å². The van der Waals surface area contributed by atoms with Gasteiger partial charge in [0.05, 0.1) is 50.2 Å². The van der Waals surface area contributed by atoms with Gasteiger partial charge in [0.15, 0.2) is 31.5 Å². The number of carbonyl (C=O) groups excluding carboxylic acids is 1. The maximum Gasteiger partial charge on any atom is 0.313 e. The molecule has 1 spiro atoms. The molecule has 28 nitrogen and oxygen atoms in total. The molecule has 16 N–H and O–H groups in total. The highest BCUT2D eigenvalue weighted by Crippen LogP contribution is 2.77. The van der Waals surface area contributed by atoms with Gasteiger partial charge in [0.25, 0.3) is 0 Å². The lowest BCUT2D eigenvalue weighted by atomic mass is 9.40. The minimum atomic E-state index is -2.13. The summed E-state index contributed by atoms with van der Waals surface area (Å²) in [6.07, 6.45) is -36.5. The van der Waals surface area contributed by atoms with E-state index in [2.05, 4.69) is 40.3 Å². The predicted molar refractivity (Wildman–Crippen MR) is 291 cm³/mol. The fourth-order valence-corrected chi connectivity index (χ4v) is 17.3. The molecule has 0 aromatic carbocycles. The minimum absolute atomic E-state index is 0.0186. The molecule has 3 saturated carbocycles. The number of ether oxygens (including phenoxy) is 11. The first-order chi connectivity index (χ1) is 40.9. The first-order valence-corrected chi connectivity index (χ1v) is 30.7. The van der Waals surface area contributed by atoms with E-state index in [1.54, 1.807) is 0 Å². The fourth-order valence-electron chi connectivity index (χ4n) is 17.3. The first kappa shape index (κ1) is 67.8. The van der Waals surface area contributed by atoms with Gasteiger partial charge in [-0.15, -0.1) is 6.58 Å². The van der Waals surface area contributed by atoms with Crippen molar-refractivity contribution in [2.75, 3.05) is 33.0 Å². The molecule has 4 aliphatic carbocycles. The molecule has 10 rings (SSSR count). The number of fused-ring (bicyclic) bond motifs is 5. The first-order valence-electron chi connectivity index (χ1n) is 30.7.